The van der Waals surface area contributed by atoms with E-state index in [1.807, 2.05) is 30.1 Å². The van der Waals surface area contributed by atoms with Crippen molar-refractivity contribution < 1.29 is 8.42 Å². The van der Waals surface area contributed by atoms with Crippen molar-refractivity contribution in [2.45, 2.75) is 24.8 Å². The second-order valence-electron chi connectivity index (χ2n) is 6.24. The van der Waals surface area contributed by atoms with Crippen molar-refractivity contribution in [1.82, 2.24) is 10.2 Å². The van der Waals surface area contributed by atoms with Gasteiger partial charge in [-0.15, -0.1) is 24.0 Å². The highest BCUT2D eigenvalue weighted by molar-refractivity contribution is 14.0. The van der Waals surface area contributed by atoms with Crippen molar-refractivity contribution >= 4 is 39.8 Å². The first kappa shape index (κ1) is 23.4. The minimum absolute atomic E-state index is 0. The molecule has 0 radical (unpaired) electrons. The minimum atomic E-state index is -3.23. The number of benzene rings is 2. The normalized spacial score (nSPS) is 11.6. The third kappa shape index (κ3) is 7.14. The van der Waals surface area contributed by atoms with Crippen LogP contribution in [0.4, 0.5) is 0 Å². The van der Waals surface area contributed by atoms with Crippen LogP contribution in [0.1, 0.15) is 17.5 Å². The van der Waals surface area contributed by atoms with E-state index in [4.69, 9.17) is 0 Å². The summed E-state index contributed by atoms with van der Waals surface area (Å²) in [5.74, 6) is 0.869. The molecular formula is C20H28IN3O2S. The molecule has 0 amide bonds. The fourth-order valence-electron chi connectivity index (χ4n) is 2.71. The summed E-state index contributed by atoms with van der Waals surface area (Å²) in [7, 11) is 0.475. The van der Waals surface area contributed by atoms with Gasteiger partial charge in [0.05, 0.1) is 10.6 Å². The summed E-state index contributed by atoms with van der Waals surface area (Å²) in [5, 5.41) is 3.24. The number of nitrogens with zero attached hydrogens (tertiary/aromatic N) is 2. The largest absolute Gasteiger partial charge is 0.356 e. The lowest BCUT2D eigenvalue weighted by Crippen LogP contribution is -2.39. The van der Waals surface area contributed by atoms with Gasteiger partial charge in [0, 0.05) is 27.2 Å². The lowest BCUT2D eigenvalue weighted by Gasteiger charge is -2.23. The number of aliphatic imine (C=N–C) groups is 1. The van der Waals surface area contributed by atoms with Crippen LogP contribution in [0.5, 0.6) is 0 Å². The van der Waals surface area contributed by atoms with Gasteiger partial charge in [-0.2, -0.15) is 0 Å². The Balaban J connectivity index is 0.00000364. The highest BCUT2D eigenvalue weighted by Crippen LogP contribution is 2.11. The first-order valence-corrected chi connectivity index (χ1v) is 10.3. The van der Waals surface area contributed by atoms with E-state index < -0.39 is 9.84 Å². The van der Waals surface area contributed by atoms with E-state index in [1.54, 1.807) is 31.3 Å². The standard InChI is InChI=1S/C20H27N3O2S.HI/c1-17-10-7-8-11-18(17)16-23(3)20(21-2)22-14-9-15-26(24,25)19-12-5-4-6-13-19;/h4-8,10-13H,9,14-16H2,1-3H3,(H,21,22);1H. The summed E-state index contributed by atoms with van der Waals surface area (Å²) in [4.78, 5) is 6.70. The second kappa shape index (κ2) is 11.3. The Morgan fingerprint density at radius 1 is 1.07 bits per heavy atom. The molecule has 0 atom stereocenters. The summed E-state index contributed by atoms with van der Waals surface area (Å²) in [5.41, 5.74) is 2.48. The minimum Gasteiger partial charge on any atom is -0.356 e. The Hall–Kier alpha value is -1.61. The van der Waals surface area contributed by atoms with Gasteiger partial charge in [-0.3, -0.25) is 4.99 Å². The molecule has 27 heavy (non-hydrogen) atoms. The van der Waals surface area contributed by atoms with E-state index in [-0.39, 0.29) is 29.7 Å². The zero-order chi connectivity index (χ0) is 19.0. The molecule has 7 heteroatoms. The number of nitrogens with one attached hydrogen (secondary N) is 1. The third-order valence-corrected chi connectivity index (χ3v) is 6.03. The Morgan fingerprint density at radius 2 is 1.70 bits per heavy atom. The monoisotopic (exact) mass is 501 g/mol. The lowest BCUT2D eigenvalue weighted by atomic mass is 10.1. The Morgan fingerprint density at radius 3 is 2.33 bits per heavy atom. The van der Waals surface area contributed by atoms with Gasteiger partial charge in [0.25, 0.3) is 0 Å². The average molecular weight is 501 g/mol. The van der Waals surface area contributed by atoms with Gasteiger partial charge in [0.2, 0.25) is 0 Å². The van der Waals surface area contributed by atoms with E-state index in [0.717, 1.165) is 12.5 Å². The van der Waals surface area contributed by atoms with Gasteiger partial charge >= 0.3 is 0 Å². The molecule has 0 saturated carbocycles. The maximum Gasteiger partial charge on any atom is 0.193 e. The average Bonchev–Trinajstić information content (AvgIpc) is 2.64. The maximum absolute atomic E-state index is 12.3. The van der Waals surface area contributed by atoms with Crippen LogP contribution in [0.25, 0.3) is 0 Å². The number of hydrogen-bond donors (Lipinski definition) is 1. The number of sulfone groups is 1. The molecule has 1 N–H and O–H groups in total. The zero-order valence-electron chi connectivity index (χ0n) is 16.1. The molecule has 0 saturated heterocycles. The first-order chi connectivity index (χ1) is 12.4. The predicted molar refractivity (Wildman–Crippen MR) is 123 cm³/mol. The van der Waals surface area contributed by atoms with E-state index in [0.29, 0.717) is 17.9 Å². The van der Waals surface area contributed by atoms with Gasteiger partial charge in [-0.1, -0.05) is 42.5 Å². The van der Waals surface area contributed by atoms with Crippen LogP contribution in [0, 0.1) is 6.92 Å². The topological polar surface area (TPSA) is 61.8 Å². The number of halogens is 1. The molecule has 5 nitrogen and oxygen atoms in total. The molecular weight excluding hydrogens is 473 g/mol. The van der Waals surface area contributed by atoms with Crippen LogP contribution >= 0.6 is 24.0 Å². The summed E-state index contributed by atoms with van der Waals surface area (Å²) in [6.07, 6.45) is 0.522. The van der Waals surface area contributed by atoms with Crippen molar-refractivity contribution in [2.24, 2.45) is 4.99 Å². The van der Waals surface area contributed by atoms with E-state index >= 15 is 0 Å². The van der Waals surface area contributed by atoms with Gasteiger partial charge < -0.3 is 10.2 Å². The van der Waals surface area contributed by atoms with Crippen LogP contribution in [0.15, 0.2) is 64.5 Å². The molecule has 0 unspecified atom stereocenters. The van der Waals surface area contributed by atoms with Gasteiger partial charge in [0.1, 0.15) is 0 Å². The molecule has 0 bridgehead atoms. The van der Waals surface area contributed by atoms with Crippen LogP contribution in [0.3, 0.4) is 0 Å². The fourth-order valence-corrected chi connectivity index (χ4v) is 4.04. The molecule has 0 spiro atoms. The molecule has 0 aliphatic rings. The molecule has 2 aromatic carbocycles. The van der Waals surface area contributed by atoms with E-state index in [9.17, 15) is 8.42 Å². The summed E-state index contributed by atoms with van der Waals surface area (Å²) in [6.45, 7) is 3.39. The highest BCUT2D eigenvalue weighted by Gasteiger charge is 2.14. The summed E-state index contributed by atoms with van der Waals surface area (Å²) in [6, 6.07) is 16.8. The molecule has 2 aromatic rings. The molecule has 148 valence electrons. The maximum atomic E-state index is 12.3. The Kier molecular flexibility index (Phi) is 9.79. The Labute approximate surface area is 179 Å². The van der Waals surface area contributed by atoms with Gasteiger partial charge in [-0.25, -0.2) is 8.42 Å². The first-order valence-electron chi connectivity index (χ1n) is 8.68. The molecule has 0 aromatic heterocycles. The fraction of sp³-hybridized carbons (Fsp3) is 0.350. The zero-order valence-corrected chi connectivity index (χ0v) is 19.2. The van der Waals surface area contributed by atoms with Crippen LogP contribution in [0.2, 0.25) is 0 Å². The van der Waals surface area contributed by atoms with Crippen LogP contribution in [-0.2, 0) is 16.4 Å². The number of guanidine groups is 1. The van der Waals surface area contributed by atoms with E-state index in [1.165, 1.54) is 11.1 Å². The number of aryl methyl sites for hydroxylation is 1. The summed E-state index contributed by atoms with van der Waals surface area (Å²) >= 11 is 0. The second-order valence-corrected chi connectivity index (χ2v) is 8.35. The molecule has 0 aliphatic carbocycles. The highest BCUT2D eigenvalue weighted by atomic mass is 127. The number of rotatable bonds is 7. The van der Waals surface area contributed by atoms with Crippen molar-refractivity contribution in [3.8, 4) is 0 Å². The van der Waals surface area contributed by atoms with E-state index in [2.05, 4.69) is 29.4 Å². The Bertz CT molecular complexity index is 839. The predicted octanol–water partition coefficient (Wildman–Crippen LogP) is 3.48. The van der Waals surface area contributed by atoms with Crippen molar-refractivity contribution in [3.05, 3.63) is 65.7 Å². The quantitative estimate of drug-likeness (QED) is 0.273. The smallest absolute Gasteiger partial charge is 0.193 e. The molecule has 0 fully saturated rings. The number of hydrogen-bond acceptors (Lipinski definition) is 3. The third-order valence-electron chi connectivity index (χ3n) is 4.22. The van der Waals surface area contributed by atoms with Crippen molar-refractivity contribution in [3.63, 3.8) is 0 Å². The lowest BCUT2D eigenvalue weighted by molar-refractivity contribution is 0.475. The summed E-state index contributed by atoms with van der Waals surface area (Å²) < 4.78 is 24.6. The SMILES string of the molecule is CN=C(NCCCS(=O)(=O)c1ccccc1)N(C)Cc1ccccc1C.I. The van der Waals surface area contributed by atoms with Crippen LogP contribution in [-0.4, -0.2) is 45.7 Å². The van der Waals surface area contributed by atoms with Gasteiger partial charge in [0.15, 0.2) is 15.8 Å². The van der Waals surface area contributed by atoms with Crippen molar-refractivity contribution in [2.75, 3.05) is 26.4 Å². The molecule has 2 rings (SSSR count). The van der Waals surface area contributed by atoms with Gasteiger partial charge in [-0.05, 0) is 36.6 Å². The molecule has 0 aliphatic heterocycles. The van der Waals surface area contributed by atoms with Crippen LogP contribution < -0.4 is 5.32 Å². The molecule has 0 heterocycles. The van der Waals surface area contributed by atoms with Crippen molar-refractivity contribution in [1.29, 1.82) is 0 Å².